The minimum Gasteiger partial charge on any atom is -0.383 e. The summed E-state index contributed by atoms with van der Waals surface area (Å²) in [7, 11) is 3.09. The van der Waals surface area contributed by atoms with Crippen LogP contribution in [0.4, 0.5) is 24.5 Å². The number of rotatable bonds is 9. The van der Waals surface area contributed by atoms with Gasteiger partial charge in [0.25, 0.3) is 5.91 Å². The molecular weight excluding hydrogens is 385 g/mol. The van der Waals surface area contributed by atoms with Crippen molar-refractivity contribution >= 4 is 17.3 Å². The lowest BCUT2D eigenvalue weighted by Gasteiger charge is -2.27. The quantitative estimate of drug-likeness (QED) is 0.667. The maximum absolute atomic E-state index is 13.3. The number of halogens is 3. The summed E-state index contributed by atoms with van der Waals surface area (Å²) in [6.07, 6.45) is -4.52. The van der Waals surface area contributed by atoms with Crippen molar-refractivity contribution in [1.29, 1.82) is 0 Å². The van der Waals surface area contributed by atoms with Crippen molar-refractivity contribution in [2.45, 2.75) is 13.1 Å². The van der Waals surface area contributed by atoms with Gasteiger partial charge in [0, 0.05) is 32.9 Å². The van der Waals surface area contributed by atoms with E-state index in [1.54, 1.807) is 45.4 Å². The molecule has 2 aromatic carbocycles. The smallest absolute Gasteiger partial charge is 0.383 e. The molecule has 0 spiro atoms. The molecule has 8 heteroatoms. The van der Waals surface area contributed by atoms with E-state index in [4.69, 9.17) is 9.47 Å². The Morgan fingerprint density at radius 1 is 1.03 bits per heavy atom. The zero-order chi connectivity index (χ0) is 21.4. The van der Waals surface area contributed by atoms with Gasteiger partial charge in [0.2, 0.25) is 0 Å². The fourth-order valence-electron chi connectivity index (χ4n) is 2.86. The Hall–Kier alpha value is -2.58. The van der Waals surface area contributed by atoms with E-state index in [2.05, 4.69) is 5.32 Å². The van der Waals surface area contributed by atoms with E-state index in [0.29, 0.717) is 37.6 Å². The Bertz CT molecular complexity index is 817. The van der Waals surface area contributed by atoms with Crippen LogP contribution in [0.3, 0.4) is 0 Å². The number of carbonyl (C=O) groups is 1. The van der Waals surface area contributed by atoms with Gasteiger partial charge in [-0.3, -0.25) is 4.79 Å². The molecule has 0 bridgehead atoms. The lowest BCUT2D eigenvalue weighted by molar-refractivity contribution is -0.137. The third-order valence-corrected chi connectivity index (χ3v) is 4.43. The number of aryl methyl sites for hydroxylation is 1. The molecule has 0 unspecified atom stereocenters. The molecule has 158 valence electrons. The second kappa shape index (κ2) is 10.3. The molecule has 0 fully saturated rings. The summed E-state index contributed by atoms with van der Waals surface area (Å²) in [5, 5.41) is 2.65. The predicted molar refractivity (Wildman–Crippen MR) is 107 cm³/mol. The average Bonchev–Trinajstić information content (AvgIpc) is 2.68. The fourth-order valence-corrected chi connectivity index (χ4v) is 2.86. The first-order valence-corrected chi connectivity index (χ1v) is 9.09. The van der Waals surface area contributed by atoms with Gasteiger partial charge in [0.05, 0.1) is 30.2 Å². The van der Waals surface area contributed by atoms with E-state index in [0.717, 1.165) is 17.7 Å². The number of hydrogen-bond donors (Lipinski definition) is 1. The van der Waals surface area contributed by atoms with Crippen LogP contribution in [-0.4, -0.2) is 46.4 Å². The van der Waals surface area contributed by atoms with Gasteiger partial charge in [-0.05, 0) is 36.8 Å². The molecule has 0 atom stereocenters. The van der Waals surface area contributed by atoms with Crippen molar-refractivity contribution in [3.05, 3.63) is 59.2 Å². The Kier molecular flexibility index (Phi) is 8.04. The number of alkyl halides is 3. The van der Waals surface area contributed by atoms with Crippen LogP contribution in [0.25, 0.3) is 0 Å². The molecule has 1 N–H and O–H groups in total. The van der Waals surface area contributed by atoms with Crippen molar-refractivity contribution < 1.29 is 27.4 Å². The number of benzene rings is 2. The zero-order valence-corrected chi connectivity index (χ0v) is 16.7. The van der Waals surface area contributed by atoms with Gasteiger partial charge in [-0.2, -0.15) is 13.2 Å². The molecule has 0 saturated carbocycles. The number of hydrogen-bond acceptors (Lipinski definition) is 4. The van der Waals surface area contributed by atoms with Gasteiger partial charge >= 0.3 is 6.18 Å². The molecule has 29 heavy (non-hydrogen) atoms. The number of methoxy groups -OCH3 is 2. The highest BCUT2D eigenvalue weighted by Gasteiger charge is 2.31. The van der Waals surface area contributed by atoms with Crippen molar-refractivity contribution in [3.8, 4) is 0 Å². The van der Waals surface area contributed by atoms with Crippen LogP contribution in [0.15, 0.2) is 42.5 Å². The van der Waals surface area contributed by atoms with Crippen LogP contribution >= 0.6 is 0 Å². The number of nitrogens with one attached hydrogen (secondary N) is 1. The summed E-state index contributed by atoms with van der Waals surface area (Å²) in [6.45, 7) is 3.37. The molecule has 0 aliphatic carbocycles. The van der Waals surface area contributed by atoms with Crippen molar-refractivity contribution in [2.24, 2.45) is 0 Å². The first kappa shape index (κ1) is 22.7. The van der Waals surface area contributed by atoms with Crippen LogP contribution in [0.5, 0.6) is 0 Å². The molecule has 2 aromatic rings. The summed E-state index contributed by atoms with van der Waals surface area (Å²) in [5.74, 6) is -0.470. The Morgan fingerprint density at radius 3 is 2.21 bits per heavy atom. The van der Waals surface area contributed by atoms with Crippen LogP contribution < -0.4 is 10.2 Å². The SMILES string of the molecule is COCCN(CCOC)c1ccc(C(F)(F)F)cc1NC(=O)c1ccccc1C. The average molecular weight is 410 g/mol. The van der Waals surface area contributed by atoms with Gasteiger partial charge in [-0.1, -0.05) is 18.2 Å². The second-order valence-corrected chi connectivity index (χ2v) is 6.47. The lowest BCUT2D eigenvalue weighted by Crippen LogP contribution is -2.32. The third-order valence-electron chi connectivity index (χ3n) is 4.43. The van der Waals surface area contributed by atoms with E-state index in [-0.39, 0.29) is 5.69 Å². The number of anilines is 2. The molecular formula is C21H25F3N2O3. The summed E-state index contributed by atoms with van der Waals surface area (Å²) in [5.41, 5.74) is 0.847. The number of amides is 1. The molecule has 0 radical (unpaired) electrons. The molecule has 0 heterocycles. The molecule has 0 aliphatic heterocycles. The first-order valence-electron chi connectivity index (χ1n) is 9.09. The molecule has 0 saturated heterocycles. The minimum absolute atomic E-state index is 0.0836. The Labute approximate surface area is 168 Å². The van der Waals surface area contributed by atoms with E-state index in [1.807, 2.05) is 4.90 Å². The fraction of sp³-hybridized carbons (Fsp3) is 0.381. The second-order valence-electron chi connectivity index (χ2n) is 6.47. The maximum Gasteiger partial charge on any atom is 0.416 e. The van der Waals surface area contributed by atoms with Crippen molar-refractivity contribution in [1.82, 2.24) is 0 Å². The highest BCUT2D eigenvalue weighted by molar-refractivity contribution is 6.06. The Balaban J connectivity index is 2.44. The predicted octanol–water partition coefficient (Wildman–Crippen LogP) is 4.37. The van der Waals surface area contributed by atoms with E-state index >= 15 is 0 Å². The van der Waals surface area contributed by atoms with Gasteiger partial charge in [-0.25, -0.2) is 0 Å². The highest BCUT2D eigenvalue weighted by Crippen LogP contribution is 2.35. The van der Waals surface area contributed by atoms with Crippen molar-refractivity contribution in [3.63, 3.8) is 0 Å². The van der Waals surface area contributed by atoms with Crippen LogP contribution in [0.1, 0.15) is 21.5 Å². The topological polar surface area (TPSA) is 50.8 Å². The molecule has 0 aliphatic rings. The van der Waals surface area contributed by atoms with Gasteiger partial charge in [0.15, 0.2) is 0 Å². The zero-order valence-electron chi connectivity index (χ0n) is 16.7. The first-order chi connectivity index (χ1) is 13.8. The van der Waals surface area contributed by atoms with Gasteiger partial charge in [-0.15, -0.1) is 0 Å². The van der Waals surface area contributed by atoms with Crippen LogP contribution in [0.2, 0.25) is 0 Å². The molecule has 0 aromatic heterocycles. The summed E-state index contributed by atoms with van der Waals surface area (Å²) in [4.78, 5) is 14.6. The highest BCUT2D eigenvalue weighted by atomic mass is 19.4. The summed E-state index contributed by atoms with van der Waals surface area (Å²) < 4.78 is 50.0. The molecule has 2 rings (SSSR count). The van der Waals surface area contributed by atoms with E-state index < -0.39 is 17.6 Å². The van der Waals surface area contributed by atoms with Crippen molar-refractivity contribution in [2.75, 3.05) is 50.7 Å². The molecule has 1 amide bonds. The van der Waals surface area contributed by atoms with E-state index in [9.17, 15) is 18.0 Å². The van der Waals surface area contributed by atoms with Gasteiger partial charge < -0.3 is 19.7 Å². The summed E-state index contributed by atoms with van der Waals surface area (Å²) in [6, 6.07) is 10.2. The standard InChI is InChI=1S/C21H25F3N2O3/c1-15-6-4-5-7-17(15)20(27)25-18-14-16(21(22,23)24)8-9-19(18)26(10-12-28-2)11-13-29-3/h4-9,14H,10-13H2,1-3H3,(H,25,27). The number of ether oxygens (including phenoxy) is 2. The molecule has 5 nitrogen and oxygen atoms in total. The number of nitrogens with zero attached hydrogens (tertiary/aromatic N) is 1. The Morgan fingerprint density at radius 2 is 1.66 bits per heavy atom. The largest absolute Gasteiger partial charge is 0.416 e. The summed E-state index contributed by atoms with van der Waals surface area (Å²) >= 11 is 0. The number of carbonyl (C=O) groups excluding carboxylic acids is 1. The lowest BCUT2D eigenvalue weighted by atomic mass is 10.1. The minimum atomic E-state index is -4.52. The maximum atomic E-state index is 13.3. The van der Waals surface area contributed by atoms with Gasteiger partial charge in [0.1, 0.15) is 0 Å². The monoisotopic (exact) mass is 410 g/mol. The van der Waals surface area contributed by atoms with E-state index in [1.165, 1.54) is 6.07 Å². The normalized spacial score (nSPS) is 11.4. The van der Waals surface area contributed by atoms with Crippen LogP contribution in [-0.2, 0) is 15.7 Å². The third kappa shape index (κ3) is 6.20. The van der Waals surface area contributed by atoms with Crippen LogP contribution in [0, 0.1) is 6.92 Å².